The molecule has 29 heavy (non-hydrogen) atoms. The van der Waals surface area contributed by atoms with Gasteiger partial charge < -0.3 is 14.7 Å². The SMILES string of the molecule is COP(=O)(O)C1(NC(C(=O)Nc2c(C)cccc2C)c2ccccc2)CCCC1. The number of nitrogens with one attached hydrogen (secondary N) is 2. The summed E-state index contributed by atoms with van der Waals surface area (Å²) in [6.45, 7) is 3.89. The molecule has 1 aliphatic carbocycles. The summed E-state index contributed by atoms with van der Waals surface area (Å²) in [6.07, 6.45) is 2.57. The van der Waals surface area contributed by atoms with E-state index in [-0.39, 0.29) is 5.91 Å². The molecule has 0 aliphatic heterocycles. The summed E-state index contributed by atoms with van der Waals surface area (Å²) >= 11 is 0. The summed E-state index contributed by atoms with van der Waals surface area (Å²) in [6, 6.07) is 14.3. The van der Waals surface area contributed by atoms with Gasteiger partial charge in [0.15, 0.2) is 0 Å². The molecule has 1 aliphatic rings. The number of benzene rings is 2. The van der Waals surface area contributed by atoms with E-state index in [2.05, 4.69) is 10.6 Å². The number of rotatable bonds is 7. The van der Waals surface area contributed by atoms with Crippen molar-refractivity contribution in [1.29, 1.82) is 0 Å². The number of hydrogen-bond acceptors (Lipinski definition) is 4. The number of anilines is 1. The van der Waals surface area contributed by atoms with E-state index in [1.165, 1.54) is 7.11 Å². The van der Waals surface area contributed by atoms with Crippen LogP contribution in [0.4, 0.5) is 5.69 Å². The smallest absolute Gasteiger partial charge is 0.324 e. The molecular formula is C22H29N2O4P. The molecule has 2 atom stereocenters. The molecule has 0 aromatic heterocycles. The summed E-state index contributed by atoms with van der Waals surface area (Å²) < 4.78 is 17.9. The number of aryl methyl sites for hydroxylation is 2. The van der Waals surface area contributed by atoms with E-state index in [1.54, 1.807) is 0 Å². The molecule has 3 N–H and O–H groups in total. The first-order chi connectivity index (χ1) is 13.8. The van der Waals surface area contributed by atoms with E-state index in [0.717, 1.165) is 35.2 Å². The topological polar surface area (TPSA) is 87.7 Å². The minimum absolute atomic E-state index is 0.268. The quantitative estimate of drug-likeness (QED) is 0.571. The lowest BCUT2D eigenvalue weighted by Crippen LogP contribution is -2.48. The van der Waals surface area contributed by atoms with Gasteiger partial charge in [0.05, 0.1) is 0 Å². The van der Waals surface area contributed by atoms with Crippen molar-refractivity contribution in [1.82, 2.24) is 5.32 Å². The van der Waals surface area contributed by atoms with Crippen LogP contribution in [0.2, 0.25) is 0 Å². The fourth-order valence-electron chi connectivity index (χ4n) is 4.06. The van der Waals surface area contributed by atoms with Crippen molar-refractivity contribution in [3.8, 4) is 0 Å². The van der Waals surface area contributed by atoms with Crippen LogP contribution in [0.25, 0.3) is 0 Å². The van der Waals surface area contributed by atoms with Gasteiger partial charge in [0.2, 0.25) is 5.91 Å². The van der Waals surface area contributed by atoms with Gasteiger partial charge in [-0.1, -0.05) is 61.4 Å². The Morgan fingerprint density at radius 2 is 1.66 bits per heavy atom. The third-order valence-electron chi connectivity index (χ3n) is 5.76. The lowest BCUT2D eigenvalue weighted by molar-refractivity contribution is -0.118. The first-order valence-corrected chi connectivity index (χ1v) is 11.5. The molecular weight excluding hydrogens is 387 g/mol. The first-order valence-electron chi connectivity index (χ1n) is 9.88. The van der Waals surface area contributed by atoms with Crippen LogP contribution in [-0.4, -0.2) is 23.2 Å². The van der Waals surface area contributed by atoms with Crippen LogP contribution in [0, 0.1) is 13.8 Å². The van der Waals surface area contributed by atoms with Gasteiger partial charge >= 0.3 is 7.60 Å². The fraction of sp³-hybridized carbons (Fsp3) is 0.409. The van der Waals surface area contributed by atoms with E-state index in [1.807, 2.05) is 62.4 Å². The highest BCUT2D eigenvalue weighted by Crippen LogP contribution is 2.61. The summed E-state index contributed by atoms with van der Waals surface area (Å²) in [7, 11) is -2.71. The maximum absolute atomic E-state index is 13.4. The molecule has 2 aromatic carbocycles. The predicted octanol–water partition coefficient (Wildman–Crippen LogP) is 4.67. The van der Waals surface area contributed by atoms with Gasteiger partial charge in [0.1, 0.15) is 11.3 Å². The number of hydrogen-bond donors (Lipinski definition) is 3. The normalized spacial score (nSPS) is 18.8. The monoisotopic (exact) mass is 416 g/mol. The lowest BCUT2D eigenvalue weighted by atomic mass is 10.0. The highest BCUT2D eigenvalue weighted by Gasteiger charge is 2.52. The molecule has 156 valence electrons. The molecule has 0 saturated heterocycles. The molecule has 1 amide bonds. The van der Waals surface area contributed by atoms with Gasteiger partial charge in [0, 0.05) is 12.8 Å². The Kier molecular flexibility index (Phi) is 6.59. The third kappa shape index (κ3) is 4.46. The van der Waals surface area contributed by atoms with E-state index >= 15 is 0 Å². The summed E-state index contributed by atoms with van der Waals surface area (Å²) in [4.78, 5) is 23.9. The van der Waals surface area contributed by atoms with Crippen LogP contribution in [0.1, 0.15) is 48.4 Å². The Hall–Kier alpha value is -1.98. The Balaban J connectivity index is 1.97. The van der Waals surface area contributed by atoms with Crippen molar-refractivity contribution in [3.05, 3.63) is 65.2 Å². The van der Waals surface area contributed by atoms with Gasteiger partial charge in [-0.25, -0.2) is 0 Å². The third-order valence-corrected chi connectivity index (χ3v) is 7.91. The van der Waals surface area contributed by atoms with E-state index in [4.69, 9.17) is 4.52 Å². The number of carbonyl (C=O) groups is 1. The number of amides is 1. The summed E-state index contributed by atoms with van der Waals surface area (Å²) in [5.41, 5.74) is 3.43. The molecule has 1 fully saturated rings. The zero-order chi connectivity index (χ0) is 21.1. The highest BCUT2D eigenvalue weighted by atomic mass is 31.2. The van der Waals surface area contributed by atoms with Crippen molar-refractivity contribution in [2.45, 2.75) is 50.9 Å². The second kappa shape index (κ2) is 8.80. The van der Waals surface area contributed by atoms with Crippen LogP contribution >= 0.6 is 7.60 Å². The zero-order valence-electron chi connectivity index (χ0n) is 17.1. The largest absolute Gasteiger partial charge is 0.347 e. The Labute approximate surface area is 172 Å². The maximum Gasteiger partial charge on any atom is 0.347 e. The molecule has 0 heterocycles. The van der Waals surface area contributed by atoms with Gasteiger partial charge in [-0.05, 0) is 43.4 Å². The molecule has 6 nitrogen and oxygen atoms in total. The van der Waals surface area contributed by atoms with Crippen LogP contribution in [0.3, 0.4) is 0 Å². The average Bonchev–Trinajstić information content (AvgIpc) is 3.20. The second-order valence-corrected chi connectivity index (χ2v) is 9.95. The van der Waals surface area contributed by atoms with Gasteiger partial charge in [-0.3, -0.25) is 14.7 Å². The minimum Gasteiger partial charge on any atom is -0.324 e. The maximum atomic E-state index is 13.4. The average molecular weight is 416 g/mol. The Bertz CT molecular complexity index is 890. The Morgan fingerprint density at radius 3 is 2.21 bits per heavy atom. The molecule has 7 heteroatoms. The predicted molar refractivity (Wildman–Crippen MR) is 115 cm³/mol. The van der Waals surface area contributed by atoms with Crippen molar-refractivity contribution in [3.63, 3.8) is 0 Å². The van der Waals surface area contributed by atoms with Crippen molar-refractivity contribution in [2.75, 3.05) is 12.4 Å². The minimum atomic E-state index is -3.96. The molecule has 2 unspecified atom stereocenters. The Morgan fingerprint density at radius 1 is 1.07 bits per heavy atom. The van der Waals surface area contributed by atoms with Crippen LogP contribution in [-0.2, 0) is 13.9 Å². The van der Waals surface area contributed by atoms with Gasteiger partial charge in [-0.2, -0.15) is 0 Å². The van der Waals surface area contributed by atoms with Crippen LogP contribution in [0.5, 0.6) is 0 Å². The summed E-state index contributed by atoms with van der Waals surface area (Å²) in [5.74, 6) is -0.268. The summed E-state index contributed by atoms with van der Waals surface area (Å²) in [5, 5.41) is 5.13. The highest BCUT2D eigenvalue weighted by molar-refractivity contribution is 7.54. The van der Waals surface area contributed by atoms with E-state index in [9.17, 15) is 14.3 Å². The van der Waals surface area contributed by atoms with E-state index in [0.29, 0.717) is 12.8 Å². The molecule has 0 bridgehead atoms. The first kappa shape index (κ1) is 21.7. The van der Waals surface area contributed by atoms with Gasteiger partial charge in [-0.15, -0.1) is 0 Å². The fourth-order valence-corrected chi connectivity index (χ4v) is 5.59. The van der Waals surface area contributed by atoms with Crippen molar-refractivity contribution >= 4 is 19.2 Å². The number of carbonyl (C=O) groups excluding carboxylic acids is 1. The van der Waals surface area contributed by atoms with Crippen molar-refractivity contribution < 1.29 is 18.8 Å². The van der Waals surface area contributed by atoms with Crippen LogP contribution in [0.15, 0.2) is 48.5 Å². The standard InChI is InChI=1S/C22H29N2O4P/c1-16-10-9-11-17(2)19(16)23-21(25)20(18-12-5-4-6-13-18)24-22(14-7-8-15-22)29(26,27)28-3/h4-6,9-13,20,24H,7-8,14-15H2,1-3H3,(H,23,25)(H,26,27). The lowest BCUT2D eigenvalue weighted by Gasteiger charge is -2.36. The van der Waals surface area contributed by atoms with Crippen LogP contribution < -0.4 is 10.6 Å². The zero-order valence-corrected chi connectivity index (χ0v) is 18.0. The molecule has 3 rings (SSSR count). The molecule has 1 saturated carbocycles. The second-order valence-electron chi connectivity index (χ2n) is 7.69. The van der Waals surface area contributed by atoms with Gasteiger partial charge in [0.25, 0.3) is 0 Å². The molecule has 2 aromatic rings. The van der Waals surface area contributed by atoms with Crippen molar-refractivity contribution in [2.24, 2.45) is 0 Å². The molecule has 0 radical (unpaired) electrons. The number of para-hydroxylation sites is 1. The van der Waals surface area contributed by atoms with E-state index < -0.39 is 18.9 Å². The molecule has 0 spiro atoms.